The number of cyclic esters (lactones) is 1. The first-order chi connectivity index (χ1) is 35.4. The van der Waals surface area contributed by atoms with Crippen molar-refractivity contribution < 1.29 is 85.4 Å². The van der Waals surface area contributed by atoms with Crippen LogP contribution in [0.4, 0.5) is 0 Å². The van der Waals surface area contributed by atoms with Gasteiger partial charge in [0, 0.05) is 24.8 Å². The van der Waals surface area contributed by atoms with E-state index in [1.165, 1.54) is 6.08 Å². The average molecular weight is 1080 g/mol. The lowest BCUT2D eigenvalue weighted by atomic mass is 9.84. The number of hydrogen-bond donors (Lipinski definition) is 15. The molecule has 2 aliphatic rings. The zero-order valence-corrected chi connectivity index (χ0v) is 46.0. The minimum atomic E-state index is -1.59. The predicted molar refractivity (Wildman–Crippen MR) is 284 cm³/mol. The highest BCUT2D eigenvalue weighted by Gasteiger charge is 2.45. The fourth-order valence-electron chi connectivity index (χ4n) is 10.3. The van der Waals surface area contributed by atoms with Crippen molar-refractivity contribution in [1.29, 1.82) is 0 Å². The van der Waals surface area contributed by atoms with Crippen molar-refractivity contribution in [3.05, 3.63) is 23.3 Å². The van der Waals surface area contributed by atoms with Crippen molar-refractivity contribution in [3.63, 3.8) is 0 Å². The van der Waals surface area contributed by atoms with E-state index in [0.717, 1.165) is 12.0 Å². The molecule has 0 spiro atoms. The van der Waals surface area contributed by atoms with E-state index >= 15 is 0 Å². The van der Waals surface area contributed by atoms with E-state index in [0.29, 0.717) is 108 Å². The molecule has 20 heteroatoms. The molecule has 0 aliphatic carbocycles. The van der Waals surface area contributed by atoms with Crippen LogP contribution in [0.25, 0.3) is 0 Å². The molecule has 440 valence electrons. The Kier molecular flexibility index (Phi) is 33.7. The molecule has 1 fully saturated rings. The van der Waals surface area contributed by atoms with E-state index in [1.54, 1.807) is 6.92 Å². The number of nitrogens with two attached hydrogens (primary N) is 2. The molecule has 20 unspecified atom stereocenters. The molecule has 20 atom stereocenters. The first kappa shape index (κ1) is 68.7. The van der Waals surface area contributed by atoms with Crippen LogP contribution in [0.1, 0.15) is 176 Å². The number of unbranched alkanes of at least 4 members (excludes halogenated alkanes) is 1. The highest BCUT2D eigenvalue weighted by molar-refractivity contribution is 5.75. The van der Waals surface area contributed by atoms with Crippen LogP contribution in [0.5, 0.6) is 0 Å². The number of aliphatic hydroxyl groups excluding tert-OH is 13. The van der Waals surface area contributed by atoms with Gasteiger partial charge in [-0.15, -0.1) is 0 Å². The van der Waals surface area contributed by atoms with Gasteiger partial charge in [0.15, 0.2) is 12.2 Å². The van der Waals surface area contributed by atoms with Crippen LogP contribution in [0.2, 0.25) is 0 Å². The van der Waals surface area contributed by atoms with E-state index in [4.69, 9.17) is 25.7 Å². The van der Waals surface area contributed by atoms with Gasteiger partial charge in [-0.05, 0) is 134 Å². The Labute approximate surface area is 446 Å². The molecule has 17 N–H and O–H groups in total. The number of rotatable bonds is 12. The summed E-state index contributed by atoms with van der Waals surface area (Å²) in [4.78, 5) is 18.2. The van der Waals surface area contributed by atoms with Crippen LogP contribution in [0, 0.1) is 23.7 Å². The minimum absolute atomic E-state index is 0.0266. The zero-order valence-electron chi connectivity index (χ0n) is 46.0. The molecule has 0 saturated carbocycles. The SMILES string of the molecule is CCCCC1C(=O)OC(C(C)C(O)CCCN=C(N)N)C(C)/C=C(/C)CCCCC(O)CC(O)CC(O)CC(O)CC(O)C(OC2OC(CO)C(O)C2O)/C=C(/C)C(O)CCCC(O)CCCC(O)CCC(C)C1O. The maximum absolute atomic E-state index is 14.2. The molecule has 0 aromatic heterocycles. The quantitative estimate of drug-likeness (QED) is 0.0438. The standard InChI is InChI=1S/C55H103N3O17/c1-7-8-19-43-49(69)33(3)22-23-38(61)17-11-16-37(60)18-12-20-44(66)34(4)26-47(73-54-51(71)50(70)48(31-59)74-54)46(68)30-42(65)29-41(64)28-40(63)27-39(62)15-10-9-14-32(2)25-35(5)52(75-53(43)72)36(6)45(67)21-13-24-58-55(56)57/h25-26,33,35-52,54,59-71H,7-24,27-31H2,1-6H3,(H4,56,57,58)/b32-25-,34-26-. The van der Waals surface area contributed by atoms with E-state index in [2.05, 4.69) is 4.99 Å². The van der Waals surface area contributed by atoms with Crippen LogP contribution in [-0.2, 0) is 19.0 Å². The van der Waals surface area contributed by atoms with Gasteiger partial charge in [0.1, 0.15) is 30.5 Å². The third-order valence-electron chi connectivity index (χ3n) is 15.2. The molecular formula is C55H103N3O17. The van der Waals surface area contributed by atoms with Gasteiger partial charge in [0.05, 0.1) is 73.6 Å². The highest BCUT2D eigenvalue weighted by Crippen LogP contribution is 2.32. The Balaban J connectivity index is 2.34. The molecule has 75 heavy (non-hydrogen) atoms. The van der Waals surface area contributed by atoms with Crippen molar-refractivity contribution in [2.24, 2.45) is 40.1 Å². The largest absolute Gasteiger partial charge is 0.461 e. The Hall–Kier alpha value is -2.38. The van der Waals surface area contributed by atoms with Gasteiger partial charge >= 0.3 is 5.97 Å². The van der Waals surface area contributed by atoms with Gasteiger partial charge in [-0.1, -0.05) is 64.7 Å². The number of guanidine groups is 1. The predicted octanol–water partition coefficient (Wildman–Crippen LogP) is 2.25. The average Bonchev–Trinajstić information content (AvgIpc) is 3.61. The van der Waals surface area contributed by atoms with Gasteiger partial charge in [0.25, 0.3) is 0 Å². The van der Waals surface area contributed by atoms with Gasteiger partial charge < -0.3 is 92.1 Å². The lowest BCUT2D eigenvalue weighted by Gasteiger charge is -2.34. The highest BCUT2D eigenvalue weighted by atomic mass is 16.7. The second-order valence-electron chi connectivity index (χ2n) is 22.2. The maximum atomic E-state index is 14.2. The molecule has 0 aromatic carbocycles. The number of hydrogen-bond acceptors (Lipinski definition) is 18. The molecule has 20 nitrogen and oxygen atoms in total. The van der Waals surface area contributed by atoms with Crippen LogP contribution >= 0.6 is 0 Å². The van der Waals surface area contributed by atoms with Gasteiger partial charge in [-0.2, -0.15) is 0 Å². The topological polar surface area (TPSA) is 372 Å². The maximum Gasteiger partial charge on any atom is 0.311 e. The lowest BCUT2D eigenvalue weighted by molar-refractivity contribution is -0.202. The normalized spacial score (nSPS) is 38.7. The number of esters is 1. The lowest BCUT2D eigenvalue weighted by Crippen LogP contribution is -2.42. The van der Waals surface area contributed by atoms with Crippen LogP contribution in [-0.4, -0.2) is 189 Å². The summed E-state index contributed by atoms with van der Waals surface area (Å²) in [6.07, 6.45) is -7.42. The number of aliphatic imine (C=N–C) groups is 1. The summed E-state index contributed by atoms with van der Waals surface area (Å²) >= 11 is 0. The van der Waals surface area contributed by atoms with E-state index in [1.807, 2.05) is 40.7 Å². The number of carbonyl (C=O) groups is 1. The first-order valence-electron chi connectivity index (χ1n) is 28.1. The van der Waals surface area contributed by atoms with E-state index in [-0.39, 0.29) is 49.9 Å². The number of allylic oxidation sites excluding steroid dienone is 1. The Morgan fingerprint density at radius 1 is 0.733 bits per heavy atom. The summed E-state index contributed by atoms with van der Waals surface area (Å²) in [5, 5.41) is 141. The molecule has 0 aromatic rings. The summed E-state index contributed by atoms with van der Waals surface area (Å²) < 4.78 is 17.7. The van der Waals surface area contributed by atoms with Crippen LogP contribution in [0.15, 0.2) is 28.3 Å². The van der Waals surface area contributed by atoms with Gasteiger partial charge in [-0.25, -0.2) is 0 Å². The molecule has 0 bridgehead atoms. The van der Waals surface area contributed by atoms with Crippen LogP contribution < -0.4 is 11.5 Å². The Morgan fingerprint density at radius 3 is 1.92 bits per heavy atom. The second kappa shape index (κ2) is 36.7. The van der Waals surface area contributed by atoms with E-state index < -0.39 is 122 Å². The third kappa shape index (κ3) is 26.4. The molecule has 1 saturated heterocycles. The van der Waals surface area contributed by atoms with Crippen molar-refractivity contribution >= 4 is 11.9 Å². The summed E-state index contributed by atoms with van der Waals surface area (Å²) in [5.74, 6) is -2.64. The minimum Gasteiger partial charge on any atom is -0.461 e. The van der Waals surface area contributed by atoms with Crippen molar-refractivity contribution in [1.82, 2.24) is 0 Å². The van der Waals surface area contributed by atoms with Gasteiger partial charge in [0.2, 0.25) is 0 Å². The number of aliphatic hydroxyl groups is 13. The fraction of sp³-hybridized carbons (Fsp3) is 0.891. The van der Waals surface area contributed by atoms with Crippen LogP contribution in [0.3, 0.4) is 0 Å². The zero-order chi connectivity index (χ0) is 56.4. The molecular weight excluding hydrogens is 975 g/mol. The third-order valence-corrected chi connectivity index (χ3v) is 15.2. The number of nitrogens with zero attached hydrogens (tertiary/aromatic N) is 1. The summed E-state index contributed by atoms with van der Waals surface area (Å²) in [7, 11) is 0. The number of ether oxygens (including phenoxy) is 3. The molecule has 0 amide bonds. The van der Waals surface area contributed by atoms with Crippen molar-refractivity contribution in [2.75, 3.05) is 13.2 Å². The molecule has 0 radical (unpaired) electrons. The molecule has 2 rings (SSSR count). The monoisotopic (exact) mass is 1080 g/mol. The summed E-state index contributed by atoms with van der Waals surface area (Å²) in [5.41, 5.74) is 12.4. The summed E-state index contributed by atoms with van der Waals surface area (Å²) in [6, 6.07) is 0. The van der Waals surface area contributed by atoms with E-state index in [9.17, 15) is 71.2 Å². The Morgan fingerprint density at radius 2 is 1.32 bits per heavy atom. The molecule has 2 heterocycles. The smallest absolute Gasteiger partial charge is 0.311 e. The fourth-order valence-corrected chi connectivity index (χ4v) is 10.3. The first-order valence-corrected chi connectivity index (χ1v) is 28.1. The second-order valence-corrected chi connectivity index (χ2v) is 22.2. The van der Waals surface area contributed by atoms with Crippen molar-refractivity contribution in [3.8, 4) is 0 Å². The number of carbonyl (C=O) groups excluding carboxylic acids is 1. The Bertz CT molecular complexity index is 1640. The molecule has 2 aliphatic heterocycles. The summed E-state index contributed by atoms with van der Waals surface area (Å²) in [6.45, 7) is 10.9. The van der Waals surface area contributed by atoms with Gasteiger partial charge in [-0.3, -0.25) is 9.79 Å². The van der Waals surface area contributed by atoms with Crippen molar-refractivity contribution in [2.45, 2.75) is 274 Å².